The molecule has 4 heterocycles. The van der Waals surface area contributed by atoms with E-state index in [1.807, 2.05) is 30.3 Å². The van der Waals surface area contributed by atoms with E-state index in [2.05, 4.69) is 15.3 Å². The zero-order valence-electron chi connectivity index (χ0n) is 24.1. The van der Waals surface area contributed by atoms with Crippen molar-refractivity contribution in [3.8, 4) is 16.9 Å². The Morgan fingerprint density at radius 2 is 2.00 bits per heavy atom. The molecule has 224 valence electrons. The summed E-state index contributed by atoms with van der Waals surface area (Å²) in [7, 11) is 1.59. The number of para-hydroxylation sites is 1. The summed E-state index contributed by atoms with van der Waals surface area (Å²) in [6.07, 6.45) is 8.66. The standard InChI is InChI=1S/C32H35FN6O4/c1-43-28-10-3-2-9-23(28)25-17-24(21-7-6-13-37(19-21)29(41)11-15-38-16-12-34-36-38)30(33)31-26(25)18-27(35-31)32(42)39-14-5-4-8-22(39)20-40/h2-3,7,9-10,12,16-18,22,35,40H,4-6,8,11,13-15,19-20H2,1H3/t22-/m1/s1. The van der Waals surface area contributed by atoms with Gasteiger partial charge in [-0.1, -0.05) is 29.5 Å². The molecule has 1 saturated heterocycles. The van der Waals surface area contributed by atoms with Crippen LogP contribution in [0.15, 0.2) is 54.9 Å². The van der Waals surface area contributed by atoms with Crippen LogP contribution >= 0.6 is 0 Å². The number of hydrogen-bond acceptors (Lipinski definition) is 6. The van der Waals surface area contributed by atoms with E-state index in [4.69, 9.17) is 4.74 Å². The molecule has 0 saturated carbocycles. The highest BCUT2D eigenvalue weighted by atomic mass is 19.1. The van der Waals surface area contributed by atoms with Crippen LogP contribution in [0, 0.1) is 5.82 Å². The van der Waals surface area contributed by atoms with E-state index in [9.17, 15) is 14.7 Å². The number of fused-ring (bicyclic) bond motifs is 1. The maximum absolute atomic E-state index is 16.5. The van der Waals surface area contributed by atoms with Crippen LogP contribution in [0.25, 0.3) is 27.6 Å². The first kappa shape index (κ1) is 28.6. The molecule has 0 bridgehead atoms. The number of H-pyrrole nitrogens is 1. The molecule has 0 spiro atoms. The first-order valence-corrected chi connectivity index (χ1v) is 14.7. The van der Waals surface area contributed by atoms with Crippen molar-refractivity contribution < 1.29 is 23.8 Å². The van der Waals surface area contributed by atoms with Crippen molar-refractivity contribution in [1.29, 1.82) is 0 Å². The van der Waals surface area contributed by atoms with Crippen LogP contribution in [-0.4, -0.2) is 86.1 Å². The first-order valence-electron chi connectivity index (χ1n) is 14.7. The summed E-state index contributed by atoms with van der Waals surface area (Å²) in [4.78, 5) is 33.2. The number of aliphatic hydroxyl groups is 1. The number of carbonyl (C=O) groups excluding carboxylic acids is 2. The quantitative estimate of drug-likeness (QED) is 0.319. The monoisotopic (exact) mass is 586 g/mol. The fourth-order valence-corrected chi connectivity index (χ4v) is 6.18. The third-order valence-electron chi connectivity index (χ3n) is 8.46. The number of nitrogens with zero attached hydrogens (tertiary/aromatic N) is 5. The predicted octanol–water partition coefficient (Wildman–Crippen LogP) is 4.27. The number of aryl methyl sites for hydroxylation is 1. The summed E-state index contributed by atoms with van der Waals surface area (Å²) < 4.78 is 23.7. The SMILES string of the molecule is COc1ccccc1-c1cc(C2=CCCN(C(=O)CCn3ccnn3)C2)c(F)c2[nH]c(C(=O)N3CCCC[C@@H]3CO)cc12. The number of halogens is 1. The largest absolute Gasteiger partial charge is 0.496 e. The van der Waals surface area contributed by atoms with Crippen LogP contribution in [0.2, 0.25) is 0 Å². The number of amides is 2. The van der Waals surface area contributed by atoms with Gasteiger partial charge in [-0.15, -0.1) is 5.10 Å². The van der Waals surface area contributed by atoms with Gasteiger partial charge in [0.15, 0.2) is 5.82 Å². The van der Waals surface area contributed by atoms with Gasteiger partial charge >= 0.3 is 0 Å². The molecule has 0 aliphatic carbocycles. The van der Waals surface area contributed by atoms with Crippen LogP contribution < -0.4 is 4.74 Å². The smallest absolute Gasteiger partial charge is 0.270 e. The van der Waals surface area contributed by atoms with Crippen LogP contribution in [0.1, 0.15) is 48.2 Å². The zero-order valence-corrected chi connectivity index (χ0v) is 24.1. The molecule has 10 nitrogen and oxygen atoms in total. The van der Waals surface area contributed by atoms with E-state index in [-0.39, 0.29) is 48.6 Å². The van der Waals surface area contributed by atoms with Crippen molar-refractivity contribution >= 4 is 28.3 Å². The molecule has 1 fully saturated rings. The first-order chi connectivity index (χ1) is 21.0. The number of likely N-dealkylation sites (tertiary alicyclic amines) is 1. The lowest BCUT2D eigenvalue weighted by atomic mass is 9.93. The van der Waals surface area contributed by atoms with E-state index < -0.39 is 5.82 Å². The fraction of sp³-hybridized carbons (Fsp3) is 0.375. The maximum Gasteiger partial charge on any atom is 0.270 e. The number of methoxy groups -OCH3 is 1. The van der Waals surface area contributed by atoms with Gasteiger partial charge in [-0.25, -0.2) is 4.39 Å². The molecule has 2 amide bonds. The minimum absolute atomic E-state index is 0.0414. The van der Waals surface area contributed by atoms with E-state index in [1.54, 1.807) is 46.1 Å². The number of hydrogen-bond donors (Lipinski definition) is 2. The second kappa shape index (κ2) is 12.4. The summed E-state index contributed by atoms with van der Waals surface area (Å²) in [5.41, 5.74) is 3.04. The Labute approximate surface area is 248 Å². The highest BCUT2D eigenvalue weighted by Gasteiger charge is 2.30. The Morgan fingerprint density at radius 1 is 1.14 bits per heavy atom. The Balaban J connectivity index is 1.39. The minimum Gasteiger partial charge on any atom is -0.496 e. The highest BCUT2D eigenvalue weighted by Crippen LogP contribution is 2.40. The van der Waals surface area contributed by atoms with E-state index >= 15 is 4.39 Å². The van der Waals surface area contributed by atoms with Gasteiger partial charge in [0.2, 0.25) is 5.91 Å². The minimum atomic E-state index is -0.479. The topological polar surface area (TPSA) is 117 Å². The number of piperidine rings is 1. The molecule has 2 aliphatic heterocycles. The Morgan fingerprint density at radius 3 is 2.79 bits per heavy atom. The molecule has 43 heavy (non-hydrogen) atoms. The van der Waals surface area contributed by atoms with Crippen molar-refractivity contribution in [2.45, 2.75) is 44.7 Å². The third kappa shape index (κ3) is 5.64. The highest BCUT2D eigenvalue weighted by molar-refractivity contribution is 6.05. The van der Waals surface area contributed by atoms with Crippen LogP contribution in [0.4, 0.5) is 4.39 Å². The van der Waals surface area contributed by atoms with Crippen molar-refractivity contribution in [2.24, 2.45) is 0 Å². The van der Waals surface area contributed by atoms with Crippen molar-refractivity contribution in [3.05, 3.63) is 71.9 Å². The number of carbonyl (C=O) groups is 2. The van der Waals surface area contributed by atoms with Crippen LogP contribution in [0.5, 0.6) is 5.75 Å². The molecule has 2 aromatic carbocycles. The van der Waals surface area contributed by atoms with Crippen molar-refractivity contribution in [1.82, 2.24) is 29.8 Å². The Hall–Kier alpha value is -4.51. The lowest BCUT2D eigenvalue weighted by Crippen LogP contribution is -2.45. The lowest BCUT2D eigenvalue weighted by molar-refractivity contribution is -0.131. The molecule has 2 aliphatic rings. The van der Waals surface area contributed by atoms with E-state index in [1.165, 1.54) is 0 Å². The number of benzene rings is 2. The number of aromatic nitrogens is 4. The Bertz CT molecular complexity index is 1660. The number of rotatable bonds is 8. The van der Waals surface area contributed by atoms with Gasteiger partial charge in [0.05, 0.1) is 38.0 Å². The molecule has 2 N–H and O–H groups in total. The second-order valence-corrected chi connectivity index (χ2v) is 11.0. The molecule has 0 unspecified atom stereocenters. The number of aliphatic hydroxyl groups excluding tert-OH is 1. The summed E-state index contributed by atoms with van der Waals surface area (Å²) in [6, 6.07) is 10.7. The predicted molar refractivity (Wildman–Crippen MR) is 160 cm³/mol. The third-order valence-corrected chi connectivity index (χ3v) is 8.46. The van der Waals surface area contributed by atoms with Crippen LogP contribution in [0.3, 0.4) is 0 Å². The Kier molecular flexibility index (Phi) is 8.24. The van der Waals surface area contributed by atoms with E-state index in [0.717, 1.165) is 24.8 Å². The fourth-order valence-electron chi connectivity index (χ4n) is 6.18. The van der Waals surface area contributed by atoms with E-state index in [0.29, 0.717) is 53.9 Å². The normalized spacial score (nSPS) is 17.3. The lowest BCUT2D eigenvalue weighted by Gasteiger charge is -2.34. The van der Waals surface area contributed by atoms with Gasteiger partial charge in [0.25, 0.3) is 5.91 Å². The second-order valence-electron chi connectivity index (χ2n) is 11.0. The molecule has 4 aromatic rings. The number of ether oxygens (including phenoxy) is 1. The molecule has 1 atom stereocenters. The van der Waals surface area contributed by atoms with Gasteiger partial charge in [0, 0.05) is 48.8 Å². The maximum atomic E-state index is 16.5. The zero-order chi connectivity index (χ0) is 29.9. The van der Waals surface area contributed by atoms with Gasteiger partial charge in [-0.2, -0.15) is 0 Å². The van der Waals surface area contributed by atoms with Gasteiger partial charge in [-0.3, -0.25) is 14.3 Å². The van der Waals surface area contributed by atoms with Crippen molar-refractivity contribution in [2.75, 3.05) is 33.4 Å². The average molecular weight is 587 g/mol. The van der Waals surface area contributed by atoms with Crippen molar-refractivity contribution in [3.63, 3.8) is 0 Å². The summed E-state index contributed by atoms with van der Waals surface area (Å²) in [5, 5.41) is 18.2. The van der Waals surface area contributed by atoms with Gasteiger partial charge < -0.3 is 24.6 Å². The molecular weight excluding hydrogens is 551 g/mol. The summed E-state index contributed by atoms with van der Waals surface area (Å²) >= 11 is 0. The molecular formula is C32H35FN6O4. The molecule has 0 radical (unpaired) electrons. The molecule has 6 rings (SSSR count). The van der Waals surface area contributed by atoms with Gasteiger partial charge in [0.1, 0.15) is 11.4 Å². The summed E-state index contributed by atoms with van der Waals surface area (Å²) in [5.74, 6) is -0.161. The molecule has 2 aromatic heterocycles. The van der Waals surface area contributed by atoms with Crippen LogP contribution in [-0.2, 0) is 11.3 Å². The molecule has 11 heteroatoms. The van der Waals surface area contributed by atoms with Gasteiger partial charge in [-0.05, 0) is 55.0 Å². The average Bonchev–Trinajstić information content (AvgIpc) is 3.75. The number of aromatic amines is 1. The number of nitrogens with one attached hydrogen (secondary N) is 1. The summed E-state index contributed by atoms with van der Waals surface area (Å²) in [6.45, 7) is 1.66.